The van der Waals surface area contributed by atoms with Crippen LogP contribution in [0.1, 0.15) is 22.8 Å². The van der Waals surface area contributed by atoms with Gasteiger partial charge in [-0.3, -0.25) is 14.7 Å². The number of halogens is 1. The molecule has 1 atom stereocenters. The Hall–Kier alpha value is -1.71. The molecule has 4 heteroatoms. The summed E-state index contributed by atoms with van der Waals surface area (Å²) in [4.78, 5) is 18.5. The standard InChI is InChI=1S/C16H17ClN2O/c1-12(16(20)14-6-3-7-15(17)9-14)19(2)11-13-5-4-8-18-10-13/h3-10,12H,11H2,1-2H3. The lowest BCUT2D eigenvalue weighted by Gasteiger charge is -2.23. The molecule has 0 spiro atoms. The normalized spacial score (nSPS) is 12.4. The van der Waals surface area contributed by atoms with E-state index in [1.807, 2.05) is 37.2 Å². The molecule has 0 aliphatic rings. The van der Waals surface area contributed by atoms with Gasteiger partial charge < -0.3 is 0 Å². The second-order valence-electron chi connectivity index (χ2n) is 4.83. The van der Waals surface area contributed by atoms with Gasteiger partial charge in [-0.15, -0.1) is 0 Å². The Morgan fingerprint density at radius 3 is 2.80 bits per heavy atom. The van der Waals surface area contributed by atoms with Gasteiger partial charge in [-0.1, -0.05) is 29.8 Å². The number of ketones is 1. The molecule has 0 fully saturated rings. The van der Waals surface area contributed by atoms with Crippen LogP contribution in [0, 0.1) is 0 Å². The van der Waals surface area contributed by atoms with Gasteiger partial charge >= 0.3 is 0 Å². The number of rotatable bonds is 5. The number of benzene rings is 1. The van der Waals surface area contributed by atoms with Crippen molar-refractivity contribution in [1.82, 2.24) is 9.88 Å². The van der Waals surface area contributed by atoms with Crippen LogP contribution in [0.25, 0.3) is 0 Å². The van der Waals surface area contributed by atoms with Gasteiger partial charge in [-0.2, -0.15) is 0 Å². The number of likely N-dealkylation sites (N-methyl/N-ethyl adjacent to an activating group) is 1. The van der Waals surface area contributed by atoms with E-state index in [0.717, 1.165) is 5.56 Å². The monoisotopic (exact) mass is 288 g/mol. The Bertz CT molecular complexity index is 586. The number of carbonyl (C=O) groups is 1. The Balaban J connectivity index is 2.06. The van der Waals surface area contributed by atoms with E-state index in [4.69, 9.17) is 11.6 Å². The predicted molar refractivity (Wildman–Crippen MR) is 80.9 cm³/mol. The zero-order valence-electron chi connectivity index (χ0n) is 11.6. The van der Waals surface area contributed by atoms with Crippen molar-refractivity contribution < 1.29 is 4.79 Å². The highest BCUT2D eigenvalue weighted by Gasteiger charge is 2.19. The van der Waals surface area contributed by atoms with Crippen LogP contribution >= 0.6 is 11.6 Å². The maximum absolute atomic E-state index is 12.4. The van der Waals surface area contributed by atoms with Crippen LogP contribution in [0.4, 0.5) is 0 Å². The Morgan fingerprint density at radius 1 is 1.35 bits per heavy atom. The zero-order valence-corrected chi connectivity index (χ0v) is 12.3. The van der Waals surface area contributed by atoms with Gasteiger partial charge in [-0.05, 0) is 37.7 Å². The Kier molecular flexibility index (Phi) is 4.88. The largest absolute Gasteiger partial charge is 0.292 e. The first-order valence-electron chi connectivity index (χ1n) is 6.47. The first-order valence-corrected chi connectivity index (χ1v) is 6.84. The van der Waals surface area contributed by atoms with Gasteiger partial charge in [0.15, 0.2) is 5.78 Å². The number of Topliss-reactive ketones (excluding diaryl/α,β-unsaturated/α-hetero) is 1. The number of hydrogen-bond acceptors (Lipinski definition) is 3. The molecule has 20 heavy (non-hydrogen) atoms. The van der Waals surface area contributed by atoms with Crippen LogP contribution < -0.4 is 0 Å². The maximum Gasteiger partial charge on any atom is 0.179 e. The number of pyridine rings is 1. The van der Waals surface area contributed by atoms with Crippen molar-refractivity contribution in [2.45, 2.75) is 19.5 Å². The van der Waals surface area contributed by atoms with Crippen molar-refractivity contribution in [3.05, 3.63) is 64.9 Å². The summed E-state index contributed by atoms with van der Waals surface area (Å²) < 4.78 is 0. The lowest BCUT2D eigenvalue weighted by atomic mass is 10.0. The summed E-state index contributed by atoms with van der Waals surface area (Å²) in [6.07, 6.45) is 3.55. The van der Waals surface area contributed by atoms with Crippen LogP contribution in [0.15, 0.2) is 48.8 Å². The van der Waals surface area contributed by atoms with E-state index in [1.54, 1.807) is 30.5 Å². The van der Waals surface area contributed by atoms with Gasteiger partial charge in [0.1, 0.15) is 0 Å². The molecule has 2 rings (SSSR count). The van der Waals surface area contributed by atoms with Crippen LogP contribution in [0.2, 0.25) is 5.02 Å². The van der Waals surface area contributed by atoms with Crippen molar-refractivity contribution in [1.29, 1.82) is 0 Å². The van der Waals surface area contributed by atoms with Crippen LogP contribution in [-0.2, 0) is 6.54 Å². The van der Waals surface area contributed by atoms with Gasteiger partial charge in [0, 0.05) is 29.5 Å². The molecular formula is C16H17ClN2O. The first-order chi connectivity index (χ1) is 9.58. The third-order valence-electron chi connectivity index (χ3n) is 3.30. The fourth-order valence-corrected chi connectivity index (χ4v) is 2.19. The van der Waals surface area contributed by atoms with Gasteiger partial charge in [-0.25, -0.2) is 0 Å². The molecule has 0 radical (unpaired) electrons. The topological polar surface area (TPSA) is 33.2 Å². The van der Waals surface area contributed by atoms with E-state index in [2.05, 4.69) is 4.98 Å². The smallest absolute Gasteiger partial charge is 0.179 e. The number of hydrogen-bond donors (Lipinski definition) is 0. The molecule has 104 valence electrons. The molecule has 1 aromatic carbocycles. The second-order valence-corrected chi connectivity index (χ2v) is 5.26. The third kappa shape index (κ3) is 3.65. The van der Waals surface area contributed by atoms with E-state index in [9.17, 15) is 4.79 Å². The summed E-state index contributed by atoms with van der Waals surface area (Å²) in [6.45, 7) is 2.58. The minimum Gasteiger partial charge on any atom is -0.292 e. The fourth-order valence-electron chi connectivity index (χ4n) is 2.00. The van der Waals surface area contributed by atoms with Gasteiger partial charge in [0.25, 0.3) is 0 Å². The van der Waals surface area contributed by atoms with Crippen LogP contribution in [0.3, 0.4) is 0 Å². The highest BCUT2D eigenvalue weighted by molar-refractivity contribution is 6.31. The molecule has 0 aliphatic heterocycles. The van der Waals surface area contributed by atoms with E-state index in [-0.39, 0.29) is 11.8 Å². The summed E-state index contributed by atoms with van der Waals surface area (Å²) in [6, 6.07) is 10.7. The molecule has 0 N–H and O–H groups in total. The molecule has 1 unspecified atom stereocenters. The van der Waals surface area contributed by atoms with E-state index >= 15 is 0 Å². The van der Waals surface area contributed by atoms with Crippen molar-refractivity contribution in [2.75, 3.05) is 7.05 Å². The van der Waals surface area contributed by atoms with Gasteiger partial charge in [0.2, 0.25) is 0 Å². The average molecular weight is 289 g/mol. The minimum absolute atomic E-state index is 0.0684. The molecular weight excluding hydrogens is 272 g/mol. The average Bonchev–Trinajstić information content (AvgIpc) is 2.46. The number of nitrogens with zero attached hydrogens (tertiary/aromatic N) is 2. The molecule has 0 bridgehead atoms. The van der Waals surface area contributed by atoms with Crippen LogP contribution in [0.5, 0.6) is 0 Å². The van der Waals surface area contributed by atoms with Gasteiger partial charge in [0.05, 0.1) is 6.04 Å². The van der Waals surface area contributed by atoms with Crippen molar-refractivity contribution in [2.24, 2.45) is 0 Å². The fraction of sp³-hybridized carbons (Fsp3) is 0.250. The summed E-state index contributed by atoms with van der Waals surface area (Å²) in [5, 5.41) is 0.581. The molecule has 0 saturated heterocycles. The minimum atomic E-state index is -0.214. The molecule has 0 aliphatic carbocycles. The van der Waals surface area contributed by atoms with E-state index < -0.39 is 0 Å². The Morgan fingerprint density at radius 2 is 2.15 bits per heavy atom. The van der Waals surface area contributed by atoms with Crippen molar-refractivity contribution in [3.63, 3.8) is 0 Å². The molecule has 1 heterocycles. The lowest BCUT2D eigenvalue weighted by molar-refractivity contribution is 0.0862. The Labute approximate surface area is 124 Å². The second kappa shape index (κ2) is 6.64. The summed E-state index contributed by atoms with van der Waals surface area (Å²) in [7, 11) is 1.93. The summed E-state index contributed by atoms with van der Waals surface area (Å²) in [5.41, 5.74) is 1.73. The number of aromatic nitrogens is 1. The molecule has 2 aromatic rings. The van der Waals surface area contributed by atoms with Crippen molar-refractivity contribution >= 4 is 17.4 Å². The highest BCUT2D eigenvalue weighted by Crippen LogP contribution is 2.15. The highest BCUT2D eigenvalue weighted by atomic mass is 35.5. The SMILES string of the molecule is CC(C(=O)c1cccc(Cl)c1)N(C)Cc1cccnc1. The zero-order chi connectivity index (χ0) is 14.5. The summed E-state index contributed by atoms with van der Waals surface area (Å²) >= 11 is 5.93. The molecule has 0 amide bonds. The first kappa shape index (κ1) is 14.7. The van der Waals surface area contributed by atoms with Crippen LogP contribution in [-0.4, -0.2) is 28.8 Å². The lowest BCUT2D eigenvalue weighted by Crippen LogP contribution is -2.35. The number of carbonyl (C=O) groups excluding carboxylic acids is 1. The summed E-state index contributed by atoms with van der Waals surface area (Å²) in [5.74, 6) is 0.0684. The molecule has 0 saturated carbocycles. The quantitative estimate of drug-likeness (QED) is 0.790. The van der Waals surface area contributed by atoms with E-state index in [1.165, 1.54) is 0 Å². The van der Waals surface area contributed by atoms with E-state index in [0.29, 0.717) is 17.1 Å². The van der Waals surface area contributed by atoms with Crippen molar-refractivity contribution in [3.8, 4) is 0 Å². The maximum atomic E-state index is 12.4. The molecule has 3 nitrogen and oxygen atoms in total. The predicted octanol–water partition coefficient (Wildman–Crippen LogP) is 3.44. The molecule has 1 aromatic heterocycles. The third-order valence-corrected chi connectivity index (χ3v) is 3.54.